The van der Waals surface area contributed by atoms with Gasteiger partial charge in [-0.3, -0.25) is 4.79 Å². The zero-order chi connectivity index (χ0) is 15.5. The summed E-state index contributed by atoms with van der Waals surface area (Å²) in [4.78, 5) is 11.7. The highest BCUT2D eigenvalue weighted by Crippen LogP contribution is 2.33. The zero-order valence-corrected chi connectivity index (χ0v) is 11.0. The van der Waals surface area contributed by atoms with E-state index in [0.717, 1.165) is 12.1 Å². The fraction of sp³-hybridized carbons (Fsp3) is 0.385. The highest BCUT2D eigenvalue weighted by Gasteiger charge is 2.34. The van der Waals surface area contributed by atoms with Crippen LogP contribution in [0, 0.1) is 17.2 Å². The minimum atomic E-state index is -4.66. The second-order valence-electron chi connectivity index (χ2n) is 4.63. The lowest BCUT2D eigenvalue weighted by Crippen LogP contribution is -2.39. The molecule has 0 heterocycles. The van der Waals surface area contributed by atoms with E-state index >= 15 is 0 Å². The van der Waals surface area contributed by atoms with Gasteiger partial charge in [-0.2, -0.15) is 18.4 Å². The van der Waals surface area contributed by atoms with E-state index in [1.807, 2.05) is 0 Å². The third-order valence-electron chi connectivity index (χ3n) is 2.73. The van der Waals surface area contributed by atoms with E-state index in [1.54, 1.807) is 13.8 Å². The van der Waals surface area contributed by atoms with Crippen molar-refractivity contribution < 1.29 is 18.0 Å². The molecule has 0 aliphatic rings. The maximum atomic E-state index is 12.8. The molecule has 1 amide bonds. The van der Waals surface area contributed by atoms with E-state index < -0.39 is 29.3 Å². The first-order chi connectivity index (χ1) is 9.16. The van der Waals surface area contributed by atoms with Crippen molar-refractivity contribution in [1.82, 2.24) is 0 Å². The number of nitrogens with two attached hydrogens (primary N) is 1. The number of nitriles is 1. The topological polar surface area (TPSA) is 78.9 Å². The van der Waals surface area contributed by atoms with Crippen LogP contribution >= 0.6 is 0 Å². The summed E-state index contributed by atoms with van der Waals surface area (Å²) in [6.45, 7) is 3.45. The highest BCUT2D eigenvalue weighted by molar-refractivity contribution is 5.95. The lowest BCUT2D eigenvalue weighted by Gasteiger charge is -2.16. The zero-order valence-electron chi connectivity index (χ0n) is 11.0. The number of anilines is 1. The first kappa shape index (κ1) is 16.0. The minimum Gasteiger partial charge on any atom is -0.325 e. The van der Waals surface area contributed by atoms with Crippen LogP contribution in [0.4, 0.5) is 18.9 Å². The van der Waals surface area contributed by atoms with E-state index in [2.05, 4.69) is 5.32 Å². The first-order valence-corrected chi connectivity index (χ1v) is 5.84. The van der Waals surface area contributed by atoms with E-state index in [0.29, 0.717) is 0 Å². The van der Waals surface area contributed by atoms with Gasteiger partial charge in [-0.25, -0.2) is 0 Å². The average Bonchev–Trinajstić information content (AvgIpc) is 2.36. The standard InChI is InChI=1S/C13H14F3N3O/c1-7(2)11(18)12(20)19-9-4-3-8(6-17)10(5-9)13(14,15)16/h3-5,7,11H,18H2,1-2H3,(H,19,20)/t11-/m1/s1. The highest BCUT2D eigenvalue weighted by atomic mass is 19.4. The van der Waals surface area contributed by atoms with Crippen molar-refractivity contribution in [2.45, 2.75) is 26.1 Å². The molecule has 0 unspecified atom stereocenters. The molecule has 108 valence electrons. The fourth-order valence-corrected chi connectivity index (χ4v) is 1.48. The molecule has 1 atom stereocenters. The van der Waals surface area contributed by atoms with Crippen LogP contribution < -0.4 is 11.1 Å². The Morgan fingerprint density at radius 2 is 2.00 bits per heavy atom. The van der Waals surface area contributed by atoms with Gasteiger partial charge in [-0.15, -0.1) is 0 Å². The summed E-state index contributed by atoms with van der Waals surface area (Å²) < 4.78 is 38.3. The van der Waals surface area contributed by atoms with Crippen LogP contribution in [0.5, 0.6) is 0 Å². The normalized spacial score (nSPS) is 12.9. The third kappa shape index (κ3) is 3.71. The fourth-order valence-electron chi connectivity index (χ4n) is 1.48. The summed E-state index contributed by atoms with van der Waals surface area (Å²) in [5, 5.41) is 11.0. The Labute approximate surface area is 114 Å². The maximum absolute atomic E-state index is 12.8. The Morgan fingerprint density at radius 1 is 1.40 bits per heavy atom. The quantitative estimate of drug-likeness (QED) is 0.895. The molecule has 0 radical (unpaired) electrons. The van der Waals surface area contributed by atoms with Gasteiger partial charge in [0.25, 0.3) is 0 Å². The molecule has 0 fully saturated rings. The van der Waals surface area contributed by atoms with E-state index in [4.69, 9.17) is 11.0 Å². The van der Waals surface area contributed by atoms with Gasteiger partial charge in [0, 0.05) is 5.69 Å². The van der Waals surface area contributed by atoms with Crippen LogP contribution in [-0.2, 0) is 11.0 Å². The largest absolute Gasteiger partial charge is 0.417 e. The van der Waals surface area contributed by atoms with Crippen molar-refractivity contribution in [3.63, 3.8) is 0 Å². The third-order valence-corrected chi connectivity index (χ3v) is 2.73. The van der Waals surface area contributed by atoms with E-state index in [-0.39, 0.29) is 11.6 Å². The molecule has 4 nitrogen and oxygen atoms in total. The predicted molar refractivity (Wildman–Crippen MR) is 67.6 cm³/mol. The molecule has 0 saturated carbocycles. The number of benzene rings is 1. The number of carbonyl (C=O) groups excluding carboxylic acids is 1. The van der Waals surface area contributed by atoms with Gasteiger partial charge in [0.1, 0.15) is 0 Å². The first-order valence-electron chi connectivity index (χ1n) is 5.84. The number of alkyl halides is 3. The van der Waals surface area contributed by atoms with Crippen molar-refractivity contribution >= 4 is 11.6 Å². The lowest BCUT2D eigenvalue weighted by molar-refractivity contribution is -0.137. The molecule has 0 spiro atoms. The molecular weight excluding hydrogens is 271 g/mol. The Bertz CT molecular complexity index is 547. The van der Waals surface area contributed by atoms with Crippen LogP contribution in [0.2, 0.25) is 0 Å². The number of hydrogen-bond donors (Lipinski definition) is 2. The molecule has 1 aromatic carbocycles. The summed E-state index contributed by atoms with van der Waals surface area (Å²) in [7, 11) is 0. The van der Waals surface area contributed by atoms with E-state index in [9.17, 15) is 18.0 Å². The SMILES string of the molecule is CC(C)[C@@H](N)C(=O)Nc1ccc(C#N)c(C(F)(F)F)c1. The van der Waals surface area contributed by atoms with Gasteiger partial charge in [-0.1, -0.05) is 13.8 Å². The average molecular weight is 285 g/mol. The predicted octanol–water partition coefficient (Wildman–Crippen LogP) is 2.50. The molecule has 0 aliphatic carbocycles. The maximum Gasteiger partial charge on any atom is 0.417 e. The van der Waals surface area contributed by atoms with Gasteiger partial charge in [0.15, 0.2) is 0 Å². The number of nitrogens with zero attached hydrogens (tertiary/aromatic N) is 1. The second kappa shape index (κ2) is 5.92. The summed E-state index contributed by atoms with van der Waals surface area (Å²) in [6, 6.07) is 3.62. The minimum absolute atomic E-state index is 0.0441. The van der Waals surface area contributed by atoms with Crippen molar-refractivity contribution in [1.29, 1.82) is 5.26 Å². The second-order valence-corrected chi connectivity index (χ2v) is 4.63. The van der Waals surface area contributed by atoms with Crippen LogP contribution in [0.25, 0.3) is 0 Å². The molecule has 3 N–H and O–H groups in total. The molecular formula is C13H14F3N3O. The molecule has 7 heteroatoms. The Kier molecular flexibility index (Phi) is 4.73. The number of amides is 1. The molecule has 0 bridgehead atoms. The summed E-state index contributed by atoms with van der Waals surface area (Å²) in [5.74, 6) is -0.715. The van der Waals surface area contributed by atoms with Gasteiger partial charge in [0.05, 0.1) is 23.2 Å². The van der Waals surface area contributed by atoms with Crippen molar-refractivity contribution in [3.8, 4) is 6.07 Å². The molecule has 0 aliphatic heterocycles. The summed E-state index contributed by atoms with van der Waals surface area (Å²) in [6.07, 6.45) is -4.66. The molecule has 1 rings (SSSR count). The number of rotatable bonds is 3. The summed E-state index contributed by atoms with van der Waals surface area (Å²) >= 11 is 0. The molecule has 20 heavy (non-hydrogen) atoms. The van der Waals surface area contributed by atoms with Gasteiger partial charge in [0.2, 0.25) is 5.91 Å². The Balaban J connectivity index is 3.05. The summed E-state index contributed by atoms with van der Waals surface area (Å²) in [5.41, 5.74) is 3.97. The van der Waals surface area contributed by atoms with Gasteiger partial charge >= 0.3 is 6.18 Å². The van der Waals surface area contributed by atoms with Crippen LogP contribution in [-0.4, -0.2) is 11.9 Å². The number of halogens is 3. The smallest absolute Gasteiger partial charge is 0.325 e. The Morgan fingerprint density at radius 3 is 2.45 bits per heavy atom. The van der Waals surface area contributed by atoms with Crippen molar-refractivity contribution in [3.05, 3.63) is 29.3 Å². The number of hydrogen-bond acceptors (Lipinski definition) is 3. The number of carbonyl (C=O) groups is 1. The van der Waals surface area contributed by atoms with Crippen LogP contribution in [0.1, 0.15) is 25.0 Å². The van der Waals surface area contributed by atoms with Gasteiger partial charge in [-0.05, 0) is 24.1 Å². The van der Waals surface area contributed by atoms with Crippen molar-refractivity contribution in [2.75, 3.05) is 5.32 Å². The molecule has 1 aromatic rings. The van der Waals surface area contributed by atoms with Crippen LogP contribution in [0.3, 0.4) is 0 Å². The lowest BCUT2D eigenvalue weighted by atomic mass is 10.0. The number of nitrogens with one attached hydrogen (secondary N) is 1. The van der Waals surface area contributed by atoms with Crippen LogP contribution in [0.15, 0.2) is 18.2 Å². The molecule has 0 saturated heterocycles. The van der Waals surface area contributed by atoms with E-state index in [1.165, 1.54) is 12.1 Å². The van der Waals surface area contributed by atoms with Gasteiger partial charge < -0.3 is 11.1 Å². The molecule has 0 aromatic heterocycles. The monoisotopic (exact) mass is 285 g/mol. The van der Waals surface area contributed by atoms with Crippen molar-refractivity contribution in [2.24, 2.45) is 11.7 Å². The Hall–Kier alpha value is -2.07.